The van der Waals surface area contributed by atoms with Crippen molar-refractivity contribution in [2.45, 2.75) is 0 Å². The van der Waals surface area contributed by atoms with Gasteiger partial charge in [-0.05, 0) is 83.8 Å². The van der Waals surface area contributed by atoms with Crippen molar-refractivity contribution in [3.05, 3.63) is 248 Å². The summed E-state index contributed by atoms with van der Waals surface area (Å²) in [4.78, 5) is 5.51. The van der Waals surface area contributed by atoms with Crippen molar-refractivity contribution in [3.63, 3.8) is 0 Å². The molecule has 5 nitrogen and oxygen atoms in total. The number of rotatable bonds is 6. The molecule has 0 fully saturated rings. The van der Waals surface area contributed by atoms with Crippen LogP contribution in [0.4, 0.5) is 0 Å². The Hall–Kier alpha value is -9.45. The van der Waals surface area contributed by atoms with Gasteiger partial charge in [0.25, 0.3) is 0 Å². The molecule has 0 saturated carbocycles. The van der Waals surface area contributed by atoms with Crippen LogP contribution in [-0.2, 0) is 0 Å². The first-order valence-electron chi connectivity index (χ1n) is 30.7. The molecule has 15 rings (SSSR count). The fourth-order valence-corrected chi connectivity index (χ4v) is 10.6. The van der Waals surface area contributed by atoms with Gasteiger partial charge in [0.15, 0.2) is 0 Å². The minimum Gasteiger partial charge on any atom is -0.309 e. The highest BCUT2D eigenvalue weighted by atomic mass is 15.1. The Labute approximate surface area is 425 Å². The summed E-state index contributed by atoms with van der Waals surface area (Å²) in [7, 11) is 0. The van der Waals surface area contributed by atoms with Crippen molar-refractivity contribution in [1.82, 2.24) is 23.3 Å². The topological polar surface area (TPSA) is 32.6 Å². The monoisotopic (exact) mass is 907 g/mol. The van der Waals surface area contributed by atoms with Gasteiger partial charge in [0.2, 0.25) is 0 Å². The van der Waals surface area contributed by atoms with Crippen molar-refractivity contribution in [1.29, 1.82) is 0 Å². The van der Waals surface area contributed by atoms with E-state index in [4.69, 9.17) is 16.0 Å². The average molecular weight is 908 g/mol. The maximum Gasteiger partial charge on any atom is 0.140 e. The van der Waals surface area contributed by atoms with Crippen LogP contribution >= 0.6 is 0 Å². The first kappa shape index (κ1) is 26.2. The highest BCUT2D eigenvalue weighted by Crippen LogP contribution is 2.45. The predicted octanol–water partition coefficient (Wildman–Crippen LogP) is 16.8. The quantitative estimate of drug-likeness (QED) is 0.164. The molecule has 0 unspecified atom stereocenters. The maximum absolute atomic E-state index is 9.61. The highest BCUT2D eigenvalue weighted by molar-refractivity contribution is 6.14. The van der Waals surface area contributed by atoms with Gasteiger partial charge in [-0.2, -0.15) is 0 Å². The zero-order chi connectivity index (χ0) is 59.8. The fraction of sp³-hybridized carbons (Fsp3) is 0. The van der Waals surface area contributed by atoms with Crippen molar-refractivity contribution >= 4 is 87.2 Å². The van der Waals surface area contributed by atoms with E-state index >= 15 is 0 Å². The summed E-state index contributed by atoms with van der Waals surface area (Å²) in [6.45, 7) is 0. The van der Waals surface area contributed by atoms with E-state index in [1.807, 2.05) is 115 Å². The van der Waals surface area contributed by atoms with Gasteiger partial charge in [0.05, 0.1) is 83.1 Å². The molecule has 0 aliphatic rings. The second kappa shape index (κ2) is 15.0. The third-order valence-corrected chi connectivity index (χ3v) is 13.5. The Morgan fingerprint density at radius 1 is 0.314 bits per heavy atom. The van der Waals surface area contributed by atoms with Gasteiger partial charge in [0, 0.05) is 60.4 Å². The van der Waals surface area contributed by atoms with E-state index in [2.05, 4.69) is 33.4 Å². The lowest BCUT2D eigenvalue weighted by molar-refractivity contribution is 1.06. The molecular weight excluding hydrogens is 851 g/mol. The maximum atomic E-state index is 9.61. The molecule has 0 N–H and O–H groups in total. The molecular formula is C65H41N5. The Bertz CT molecular complexity index is 5180. The normalized spacial score (nSPS) is 15.2. The Morgan fingerprint density at radius 3 is 1.36 bits per heavy atom. The minimum atomic E-state index is -0.671. The van der Waals surface area contributed by atoms with E-state index in [0.29, 0.717) is 22.4 Å². The summed E-state index contributed by atoms with van der Waals surface area (Å²) in [5.41, 5.74) is 5.91. The van der Waals surface area contributed by atoms with E-state index in [1.165, 1.54) is 15.2 Å². The Balaban J connectivity index is 1.18. The first-order valence-corrected chi connectivity index (χ1v) is 22.7. The van der Waals surface area contributed by atoms with E-state index < -0.39 is 96.7 Å². The smallest absolute Gasteiger partial charge is 0.140 e. The van der Waals surface area contributed by atoms with Gasteiger partial charge < -0.3 is 13.7 Å². The molecule has 10 aromatic carbocycles. The van der Waals surface area contributed by atoms with Crippen molar-refractivity contribution in [3.8, 4) is 45.3 Å². The number of hydrogen-bond donors (Lipinski definition) is 0. The van der Waals surface area contributed by atoms with E-state index in [0.717, 1.165) is 49.3 Å². The molecule has 0 aliphatic carbocycles. The molecule has 0 radical (unpaired) electrons. The van der Waals surface area contributed by atoms with Gasteiger partial charge in [-0.15, -0.1) is 0 Å². The van der Waals surface area contributed by atoms with Crippen LogP contribution < -0.4 is 0 Å². The lowest BCUT2D eigenvalue weighted by atomic mass is 9.94. The van der Waals surface area contributed by atoms with Crippen LogP contribution in [-0.4, -0.2) is 23.3 Å². The van der Waals surface area contributed by atoms with Crippen molar-refractivity contribution < 1.29 is 21.9 Å². The Morgan fingerprint density at radius 2 is 0.786 bits per heavy atom. The predicted molar refractivity (Wildman–Crippen MR) is 292 cm³/mol. The first-order chi connectivity index (χ1) is 41.4. The summed E-state index contributed by atoms with van der Waals surface area (Å²) in [6.07, 6.45) is 0. The summed E-state index contributed by atoms with van der Waals surface area (Å²) < 4.78 is 154. The summed E-state index contributed by atoms with van der Waals surface area (Å²) in [5.74, 6) is -0.188. The van der Waals surface area contributed by atoms with E-state index in [-0.39, 0.29) is 60.8 Å². The molecule has 0 atom stereocenters. The molecule has 70 heavy (non-hydrogen) atoms. The second-order valence-electron chi connectivity index (χ2n) is 17.1. The molecule has 0 saturated heterocycles. The van der Waals surface area contributed by atoms with Gasteiger partial charge in [-0.3, -0.25) is 4.57 Å². The number of fused-ring (bicyclic) bond motifs is 12. The zero-order valence-electron chi connectivity index (χ0n) is 52.7. The molecule has 0 spiro atoms. The molecule has 5 heteroatoms. The van der Waals surface area contributed by atoms with Crippen LogP contribution in [0.25, 0.3) is 132 Å². The van der Waals surface area contributed by atoms with Crippen LogP contribution in [0.15, 0.2) is 248 Å². The minimum absolute atomic E-state index is 0.000588. The number of para-hydroxylation sites is 8. The van der Waals surface area contributed by atoms with Crippen molar-refractivity contribution in [2.75, 3.05) is 0 Å². The average Bonchev–Trinajstić information content (AvgIpc) is 1.70. The summed E-state index contributed by atoms with van der Waals surface area (Å²) in [6, 6.07) is 39.1. The number of pyridine rings is 1. The van der Waals surface area contributed by atoms with Crippen LogP contribution in [0, 0.1) is 0 Å². The lowest BCUT2D eigenvalue weighted by Crippen LogP contribution is -2.06. The van der Waals surface area contributed by atoms with Crippen molar-refractivity contribution in [2.24, 2.45) is 0 Å². The fourth-order valence-electron chi connectivity index (χ4n) is 10.6. The van der Waals surface area contributed by atoms with Crippen LogP contribution in [0.3, 0.4) is 0 Å². The van der Waals surface area contributed by atoms with Gasteiger partial charge in [-0.1, -0.05) is 170 Å². The SMILES string of the molecule is [2H]c1c([2H])c([2H])c2c(c1[2H])c1c([2H])c([2H])c([2H])c([2H])c1n2-c1cc(-c2c(-c3ccc4c5ccccc5n(-c5ccccc5)c4c3)cccc2-n2c3ccccc3c3ccccc32)nc(-n2c3c([2H])c([2H])c([2H])c([2H])c3c3c([2H])c([2H])c([2H])c([2H])c32)c1. The van der Waals surface area contributed by atoms with Gasteiger partial charge in [0.1, 0.15) is 5.82 Å². The van der Waals surface area contributed by atoms with Crippen LogP contribution in [0.2, 0.25) is 0 Å². The molecule has 5 heterocycles. The third kappa shape index (κ3) is 5.57. The van der Waals surface area contributed by atoms with Crippen LogP contribution in [0.5, 0.6) is 0 Å². The number of aromatic nitrogens is 5. The zero-order valence-corrected chi connectivity index (χ0v) is 36.7. The third-order valence-electron chi connectivity index (χ3n) is 13.5. The summed E-state index contributed by atoms with van der Waals surface area (Å²) in [5, 5.41) is 2.99. The summed E-state index contributed by atoms with van der Waals surface area (Å²) >= 11 is 0. The van der Waals surface area contributed by atoms with E-state index in [9.17, 15) is 11.0 Å². The van der Waals surface area contributed by atoms with Gasteiger partial charge in [-0.25, -0.2) is 4.98 Å². The second-order valence-corrected chi connectivity index (χ2v) is 17.1. The molecule has 5 aromatic heterocycles. The molecule has 0 bridgehead atoms. The highest BCUT2D eigenvalue weighted by Gasteiger charge is 2.24. The van der Waals surface area contributed by atoms with Crippen LogP contribution in [0.1, 0.15) is 21.9 Å². The molecule has 0 amide bonds. The van der Waals surface area contributed by atoms with Gasteiger partial charge >= 0.3 is 0 Å². The van der Waals surface area contributed by atoms with E-state index in [1.54, 1.807) is 6.07 Å². The number of hydrogen-bond acceptors (Lipinski definition) is 1. The Kier molecular flexibility index (Phi) is 5.62. The molecule has 15 aromatic rings. The standard InChI is InChI=1S/C65H41N5/c1-2-19-43(20-3-1)67-55-29-11-6-27-52(55)53-38-37-42(39-63(53)67)45-28-18-36-62(69-58-32-14-7-23-48(58)49-24-8-15-33-59(49)69)65(45)54-40-44(68-56-30-12-4-21-46(56)47-22-5-13-31-57(47)68)41-64(66-54)70-60-34-16-9-25-50(60)51-26-10-17-35-61(51)70/h1-41H/i4D,5D,9D,10D,12D,13D,16D,17D,21D,22D,25D,26D,30D,31D,34D,35D. The molecule has 0 aliphatic heterocycles. The molecule has 326 valence electrons. The number of benzene rings is 10. The largest absolute Gasteiger partial charge is 0.309 e. The lowest BCUT2D eigenvalue weighted by Gasteiger charge is -2.20. The number of nitrogens with zero attached hydrogens (tertiary/aromatic N) is 5.